The first-order valence-electron chi connectivity index (χ1n) is 4.01. The SMILES string of the molecule is CS(=O)(=O)c1cccc(C(=O)C(=O)O)c1F. The summed E-state index contributed by atoms with van der Waals surface area (Å²) in [5, 5.41) is 8.39. The highest BCUT2D eigenvalue weighted by Crippen LogP contribution is 2.18. The van der Waals surface area contributed by atoms with Gasteiger partial charge in [0.15, 0.2) is 15.7 Å². The van der Waals surface area contributed by atoms with Gasteiger partial charge in [0.05, 0.1) is 5.56 Å². The predicted octanol–water partition coefficient (Wildman–Crippen LogP) is 0.497. The zero-order chi connectivity index (χ0) is 12.5. The summed E-state index contributed by atoms with van der Waals surface area (Å²) in [4.78, 5) is 20.7. The molecule has 0 radical (unpaired) electrons. The van der Waals surface area contributed by atoms with Crippen molar-refractivity contribution in [2.75, 3.05) is 6.26 Å². The van der Waals surface area contributed by atoms with Crippen LogP contribution in [-0.2, 0) is 14.6 Å². The average molecular weight is 246 g/mol. The van der Waals surface area contributed by atoms with Crippen molar-refractivity contribution in [1.29, 1.82) is 0 Å². The van der Waals surface area contributed by atoms with E-state index >= 15 is 0 Å². The van der Waals surface area contributed by atoms with Crippen molar-refractivity contribution in [3.05, 3.63) is 29.6 Å². The number of sulfone groups is 1. The Kier molecular flexibility index (Phi) is 3.09. The predicted molar refractivity (Wildman–Crippen MR) is 51.5 cm³/mol. The highest BCUT2D eigenvalue weighted by atomic mass is 32.2. The number of benzene rings is 1. The van der Waals surface area contributed by atoms with Crippen molar-refractivity contribution >= 4 is 21.6 Å². The van der Waals surface area contributed by atoms with Crippen LogP contribution in [-0.4, -0.2) is 31.5 Å². The average Bonchev–Trinajstić information content (AvgIpc) is 2.15. The number of hydrogen-bond acceptors (Lipinski definition) is 4. The van der Waals surface area contributed by atoms with Crippen LogP contribution in [0.15, 0.2) is 23.1 Å². The fourth-order valence-corrected chi connectivity index (χ4v) is 1.85. The maximum absolute atomic E-state index is 13.5. The van der Waals surface area contributed by atoms with Gasteiger partial charge in [-0.1, -0.05) is 6.07 Å². The molecule has 0 saturated heterocycles. The normalized spacial score (nSPS) is 11.1. The topological polar surface area (TPSA) is 88.5 Å². The van der Waals surface area contributed by atoms with Crippen LogP contribution in [0.1, 0.15) is 10.4 Å². The quantitative estimate of drug-likeness (QED) is 0.619. The molecule has 1 N–H and O–H groups in total. The van der Waals surface area contributed by atoms with E-state index in [0.29, 0.717) is 0 Å². The van der Waals surface area contributed by atoms with Gasteiger partial charge in [-0.05, 0) is 12.1 Å². The maximum atomic E-state index is 13.5. The molecule has 5 nitrogen and oxygen atoms in total. The number of ketones is 1. The van der Waals surface area contributed by atoms with E-state index in [-0.39, 0.29) is 0 Å². The second-order valence-corrected chi connectivity index (χ2v) is 5.01. The second-order valence-electron chi connectivity index (χ2n) is 3.02. The molecule has 7 heteroatoms. The molecule has 0 atom stereocenters. The van der Waals surface area contributed by atoms with E-state index in [4.69, 9.17) is 5.11 Å². The van der Waals surface area contributed by atoms with Crippen molar-refractivity contribution in [1.82, 2.24) is 0 Å². The number of rotatable bonds is 3. The van der Waals surface area contributed by atoms with Crippen LogP contribution in [0.4, 0.5) is 4.39 Å². The van der Waals surface area contributed by atoms with Crippen molar-refractivity contribution in [2.24, 2.45) is 0 Å². The minimum atomic E-state index is -3.84. The summed E-state index contributed by atoms with van der Waals surface area (Å²) >= 11 is 0. The van der Waals surface area contributed by atoms with Crippen LogP contribution >= 0.6 is 0 Å². The Labute approximate surface area is 90.4 Å². The Hall–Kier alpha value is -1.76. The number of halogens is 1. The van der Waals surface area contributed by atoms with E-state index in [2.05, 4.69) is 0 Å². The smallest absolute Gasteiger partial charge is 0.377 e. The van der Waals surface area contributed by atoms with E-state index in [0.717, 1.165) is 24.5 Å². The van der Waals surface area contributed by atoms with Crippen molar-refractivity contribution in [2.45, 2.75) is 4.90 Å². The number of aliphatic carboxylic acids is 1. The first-order chi connectivity index (χ1) is 7.25. The lowest BCUT2D eigenvalue weighted by atomic mass is 10.1. The monoisotopic (exact) mass is 246 g/mol. The number of carboxylic acid groups (broad SMARTS) is 1. The van der Waals surface area contributed by atoms with Gasteiger partial charge in [0.25, 0.3) is 5.78 Å². The molecule has 1 aromatic carbocycles. The van der Waals surface area contributed by atoms with Gasteiger partial charge in [-0.25, -0.2) is 17.6 Å². The summed E-state index contributed by atoms with van der Waals surface area (Å²) < 4.78 is 35.7. The third kappa shape index (κ3) is 2.25. The Balaban J connectivity index is 3.48. The van der Waals surface area contributed by atoms with Gasteiger partial charge in [0, 0.05) is 6.26 Å². The first-order valence-corrected chi connectivity index (χ1v) is 5.90. The minimum absolute atomic E-state index is 0.695. The third-order valence-corrected chi connectivity index (χ3v) is 2.92. The molecule has 0 spiro atoms. The molecule has 0 aromatic heterocycles. The van der Waals surface area contributed by atoms with E-state index in [1.54, 1.807) is 0 Å². The van der Waals surface area contributed by atoms with Crippen LogP contribution in [0.5, 0.6) is 0 Å². The molecule has 16 heavy (non-hydrogen) atoms. The molecule has 0 bridgehead atoms. The summed E-state index contributed by atoms with van der Waals surface area (Å²) in [5.74, 6) is -4.66. The molecule has 0 heterocycles. The Morgan fingerprint density at radius 1 is 1.31 bits per heavy atom. The van der Waals surface area contributed by atoms with Crippen molar-refractivity contribution in [3.63, 3.8) is 0 Å². The molecular formula is C9H7FO5S. The number of Topliss-reactive ketones (excluding diaryl/α,β-unsaturated/α-hetero) is 1. The van der Waals surface area contributed by atoms with Gasteiger partial charge in [0.2, 0.25) is 0 Å². The Morgan fingerprint density at radius 3 is 2.31 bits per heavy atom. The second kappa shape index (κ2) is 4.01. The van der Waals surface area contributed by atoms with E-state index in [1.807, 2.05) is 0 Å². The maximum Gasteiger partial charge on any atom is 0.377 e. The summed E-state index contributed by atoms with van der Waals surface area (Å²) in [7, 11) is -3.84. The van der Waals surface area contributed by atoms with Crippen LogP contribution in [0.25, 0.3) is 0 Å². The number of carbonyl (C=O) groups is 2. The molecule has 0 amide bonds. The van der Waals surface area contributed by atoms with Gasteiger partial charge in [-0.15, -0.1) is 0 Å². The molecular weight excluding hydrogens is 239 g/mol. The lowest BCUT2D eigenvalue weighted by Crippen LogP contribution is -2.16. The van der Waals surface area contributed by atoms with Gasteiger partial charge in [-0.2, -0.15) is 0 Å². The van der Waals surface area contributed by atoms with E-state index in [9.17, 15) is 22.4 Å². The Morgan fingerprint density at radius 2 is 1.88 bits per heavy atom. The zero-order valence-corrected chi connectivity index (χ0v) is 8.91. The summed E-state index contributed by atoms with van der Waals surface area (Å²) in [6.07, 6.45) is 0.764. The molecule has 0 saturated carbocycles. The van der Waals surface area contributed by atoms with Crippen LogP contribution in [0, 0.1) is 5.82 Å². The van der Waals surface area contributed by atoms with Crippen LogP contribution < -0.4 is 0 Å². The highest BCUT2D eigenvalue weighted by molar-refractivity contribution is 7.90. The molecule has 1 aromatic rings. The zero-order valence-electron chi connectivity index (χ0n) is 8.10. The van der Waals surface area contributed by atoms with Crippen LogP contribution in [0.3, 0.4) is 0 Å². The molecule has 0 aliphatic rings. The summed E-state index contributed by atoms with van der Waals surface area (Å²) in [6, 6.07) is 2.99. The number of carbonyl (C=O) groups excluding carboxylic acids is 1. The van der Waals surface area contributed by atoms with Gasteiger partial charge in [0.1, 0.15) is 4.90 Å². The van der Waals surface area contributed by atoms with Gasteiger partial charge >= 0.3 is 5.97 Å². The fourth-order valence-electron chi connectivity index (χ4n) is 1.09. The lowest BCUT2D eigenvalue weighted by molar-refractivity contribution is -0.131. The minimum Gasteiger partial charge on any atom is -0.475 e. The van der Waals surface area contributed by atoms with Crippen molar-refractivity contribution in [3.8, 4) is 0 Å². The first kappa shape index (κ1) is 12.3. The Bertz CT molecular complexity index is 561. The molecule has 0 unspecified atom stereocenters. The standard InChI is InChI=1S/C9H7FO5S/c1-16(14,15)6-4-2-3-5(7(6)10)8(11)9(12)13/h2-4H,1H3,(H,12,13). The largest absolute Gasteiger partial charge is 0.475 e. The summed E-state index contributed by atoms with van der Waals surface area (Å²) in [6.45, 7) is 0. The van der Waals surface area contributed by atoms with Crippen LogP contribution in [0.2, 0.25) is 0 Å². The molecule has 0 aliphatic heterocycles. The van der Waals surface area contributed by atoms with E-state index < -0.39 is 37.9 Å². The molecule has 86 valence electrons. The van der Waals surface area contributed by atoms with Crippen molar-refractivity contribution < 1.29 is 27.5 Å². The number of hydrogen-bond donors (Lipinski definition) is 1. The number of carboxylic acids is 1. The third-order valence-electron chi connectivity index (χ3n) is 1.80. The fraction of sp³-hybridized carbons (Fsp3) is 0.111. The van der Waals surface area contributed by atoms with Gasteiger partial charge in [-0.3, -0.25) is 4.79 Å². The highest BCUT2D eigenvalue weighted by Gasteiger charge is 2.24. The van der Waals surface area contributed by atoms with Gasteiger partial charge < -0.3 is 5.11 Å². The molecule has 0 fully saturated rings. The molecule has 1 rings (SSSR count). The van der Waals surface area contributed by atoms with E-state index in [1.165, 1.54) is 0 Å². The molecule has 0 aliphatic carbocycles. The summed E-state index contributed by atoms with van der Waals surface area (Å²) in [5.41, 5.74) is -0.768. The lowest BCUT2D eigenvalue weighted by Gasteiger charge is -2.03.